The number of hydrogen-bond donors (Lipinski definition) is 1. The molecule has 2 rings (SSSR count). The molecule has 0 radical (unpaired) electrons. The average molecular weight is 309 g/mol. The van der Waals surface area contributed by atoms with Crippen LogP contribution in [-0.4, -0.2) is 11.1 Å². The standard InChI is InChI=1S/C13H13BrN2O2/c1-7-5-4-6-10(11(7)14)12(17)15-13-8(2)9(3)16-18-13/h4-6H,1-3H3,(H,15,17). The zero-order valence-electron chi connectivity index (χ0n) is 10.4. The van der Waals surface area contributed by atoms with Crippen LogP contribution >= 0.6 is 15.9 Å². The molecule has 1 amide bonds. The lowest BCUT2D eigenvalue weighted by Gasteiger charge is -2.06. The maximum absolute atomic E-state index is 12.1. The van der Waals surface area contributed by atoms with Gasteiger partial charge in [-0.05, 0) is 48.3 Å². The SMILES string of the molecule is Cc1cccc(C(=O)Nc2onc(C)c2C)c1Br. The van der Waals surface area contributed by atoms with Crippen molar-refractivity contribution in [3.8, 4) is 0 Å². The van der Waals surface area contributed by atoms with E-state index in [0.717, 1.165) is 21.3 Å². The Bertz CT molecular complexity index is 605. The largest absolute Gasteiger partial charge is 0.338 e. The lowest BCUT2D eigenvalue weighted by Crippen LogP contribution is -2.13. The smallest absolute Gasteiger partial charge is 0.259 e. The summed E-state index contributed by atoms with van der Waals surface area (Å²) in [5.41, 5.74) is 3.19. The number of carbonyl (C=O) groups is 1. The van der Waals surface area contributed by atoms with Crippen LogP contribution in [0, 0.1) is 20.8 Å². The summed E-state index contributed by atoms with van der Waals surface area (Å²) in [7, 11) is 0. The first-order valence-corrected chi connectivity index (χ1v) is 6.29. The third kappa shape index (κ3) is 2.31. The van der Waals surface area contributed by atoms with Gasteiger partial charge in [-0.2, -0.15) is 0 Å². The fourth-order valence-corrected chi connectivity index (χ4v) is 1.97. The van der Waals surface area contributed by atoms with Crippen molar-refractivity contribution in [2.24, 2.45) is 0 Å². The quantitative estimate of drug-likeness (QED) is 0.922. The van der Waals surface area contributed by atoms with E-state index in [1.165, 1.54) is 0 Å². The molecule has 1 aromatic heterocycles. The molecule has 0 bridgehead atoms. The molecule has 1 aromatic carbocycles. The van der Waals surface area contributed by atoms with Crippen LogP contribution in [0.3, 0.4) is 0 Å². The molecule has 1 N–H and O–H groups in total. The number of nitrogens with zero attached hydrogens (tertiary/aromatic N) is 1. The summed E-state index contributed by atoms with van der Waals surface area (Å²) in [4.78, 5) is 12.1. The third-order valence-corrected chi connectivity index (χ3v) is 3.87. The van der Waals surface area contributed by atoms with Crippen molar-refractivity contribution in [1.29, 1.82) is 0 Å². The molecule has 0 aliphatic rings. The predicted octanol–water partition coefficient (Wildman–Crippen LogP) is 3.61. The second kappa shape index (κ2) is 4.94. The van der Waals surface area contributed by atoms with E-state index in [0.29, 0.717) is 11.4 Å². The van der Waals surface area contributed by atoms with Gasteiger partial charge in [-0.25, -0.2) is 0 Å². The highest BCUT2D eigenvalue weighted by molar-refractivity contribution is 9.10. The molecular weight excluding hydrogens is 296 g/mol. The Labute approximate surface area is 113 Å². The summed E-state index contributed by atoms with van der Waals surface area (Å²) in [5.74, 6) is 0.177. The zero-order valence-corrected chi connectivity index (χ0v) is 12.0. The van der Waals surface area contributed by atoms with E-state index in [9.17, 15) is 4.79 Å². The van der Waals surface area contributed by atoms with E-state index in [4.69, 9.17) is 4.52 Å². The average Bonchev–Trinajstić information content (AvgIpc) is 2.64. The van der Waals surface area contributed by atoms with E-state index >= 15 is 0 Å². The van der Waals surface area contributed by atoms with Crippen LogP contribution in [-0.2, 0) is 0 Å². The van der Waals surface area contributed by atoms with Gasteiger partial charge in [0.15, 0.2) is 0 Å². The Morgan fingerprint density at radius 3 is 2.67 bits per heavy atom. The first kappa shape index (κ1) is 12.8. The Kier molecular flexibility index (Phi) is 3.52. The summed E-state index contributed by atoms with van der Waals surface area (Å²) in [6.45, 7) is 5.62. The number of aryl methyl sites for hydroxylation is 2. The van der Waals surface area contributed by atoms with Gasteiger partial charge < -0.3 is 4.52 Å². The predicted molar refractivity (Wildman–Crippen MR) is 72.8 cm³/mol. The first-order valence-electron chi connectivity index (χ1n) is 5.50. The fraction of sp³-hybridized carbons (Fsp3) is 0.231. The topological polar surface area (TPSA) is 55.1 Å². The Morgan fingerprint density at radius 1 is 1.33 bits per heavy atom. The molecule has 0 saturated heterocycles. The molecule has 1 heterocycles. The Balaban J connectivity index is 2.28. The number of hydrogen-bond acceptors (Lipinski definition) is 3. The van der Waals surface area contributed by atoms with Crippen molar-refractivity contribution in [2.45, 2.75) is 20.8 Å². The fourth-order valence-electron chi connectivity index (χ4n) is 1.53. The molecule has 0 fully saturated rings. The summed E-state index contributed by atoms with van der Waals surface area (Å²) < 4.78 is 5.85. The van der Waals surface area contributed by atoms with E-state index in [2.05, 4.69) is 26.4 Å². The number of aromatic nitrogens is 1. The maximum Gasteiger partial charge on any atom is 0.259 e. The minimum absolute atomic E-state index is 0.218. The molecule has 0 unspecified atom stereocenters. The molecule has 0 spiro atoms. The second-order valence-electron chi connectivity index (χ2n) is 4.11. The van der Waals surface area contributed by atoms with Gasteiger partial charge in [0.1, 0.15) is 0 Å². The van der Waals surface area contributed by atoms with Crippen molar-refractivity contribution < 1.29 is 9.32 Å². The minimum atomic E-state index is -0.218. The van der Waals surface area contributed by atoms with Gasteiger partial charge in [0, 0.05) is 10.0 Å². The molecule has 5 heteroatoms. The van der Waals surface area contributed by atoms with Crippen molar-refractivity contribution in [3.05, 3.63) is 45.1 Å². The Morgan fingerprint density at radius 2 is 2.06 bits per heavy atom. The van der Waals surface area contributed by atoms with E-state index in [1.807, 2.05) is 32.9 Å². The van der Waals surface area contributed by atoms with E-state index in [1.54, 1.807) is 6.07 Å². The summed E-state index contributed by atoms with van der Waals surface area (Å²) in [6.07, 6.45) is 0. The van der Waals surface area contributed by atoms with E-state index in [-0.39, 0.29) is 5.91 Å². The van der Waals surface area contributed by atoms with Crippen LogP contribution in [0.2, 0.25) is 0 Å². The summed E-state index contributed by atoms with van der Waals surface area (Å²) in [6, 6.07) is 5.53. The van der Waals surface area contributed by atoms with Gasteiger partial charge in [0.05, 0.1) is 11.3 Å². The number of benzene rings is 1. The summed E-state index contributed by atoms with van der Waals surface area (Å²) >= 11 is 3.41. The van der Waals surface area contributed by atoms with Gasteiger partial charge in [-0.15, -0.1) is 0 Å². The molecule has 0 aliphatic heterocycles. The monoisotopic (exact) mass is 308 g/mol. The highest BCUT2D eigenvalue weighted by Gasteiger charge is 2.15. The lowest BCUT2D eigenvalue weighted by atomic mass is 10.1. The number of rotatable bonds is 2. The number of nitrogens with one attached hydrogen (secondary N) is 1. The van der Waals surface area contributed by atoms with Gasteiger partial charge in [-0.1, -0.05) is 17.3 Å². The van der Waals surface area contributed by atoms with Crippen LogP contribution in [0.4, 0.5) is 5.88 Å². The highest BCUT2D eigenvalue weighted by Crippen LogP contribution is 2.23. The highest BCUT2D eigenvalue weighted by atomic mass is 79.9. The number of amides is 1. The van der Waals surface area contributed by atoms with Crippen LogP contribution in [0.25, 0.3) is 0 Å². The molecule has 0 aliphatic carbocycles. The van der Waals surface area contributed by atoms with Gasteiger partial charge >= 0.3 is 0 Å². The van der Waals surface area contributed by atoms with Gasteiger partial charge in [-0.3, -0.25) is 10.1 Å². The van der Waals surface area contributed by atoms with Crippen LogP contribution in [0.5, 0.6) is 0 Å². The van der Waals surface area contributed by atoms with Crippen LogP contribution in [0.1, 0.15) is 27.2 Å². The first-order chi connectivity index (χ1) is 8.50. The normalized spacial score (nSPS) is 10.4. The van der Waals surface area contributed by atoms with Crippen LogP contribution in [0.15, 0.2) is 27.2 Å². The zero-order chi connectivity index (χ0) is 13.3. The molecule has 0 saturated carbocycles. The van der Waals surface area contributed by atoms with Crippen molar-refractivity contribution in [2.75, 3.05) is 5.32 Å². The molecule has 18 heavy (non-hydrogen) atoms. The number of halogens is 1. The molecular formula is C13H13BrN2O2. The second-order valence-corrected chi connectivity index (χ2v) is 4.91. The lowest BCUT2D eigenvalue weighted by molar-refractivity contribution is 0.102. The molecule has 0 atom stereocenters. The number of carbonyl (C=O) groups excluding carboxylic acids is 1. The van der Waals surface area contributed by atoms with Crippen molar-refractivity contribution in [1.82, 2.24) is 5.16 Å². The maximum atomic E-state index is 12.1. The minimum Gasteiger partial charge on any atom is -0.338 e. The third-order valence-electron chi connectivity index (χ3n) is 2.82. The number of anilines is 1. The Hall–Kier alpha value is -1.62. The van der Waals surface area contributed by atoms with Crippen LogP contribution < -0.4 is 5.32 Å². The van der Waals surface area contributed by atoms with Crippen molar-refractivity contribution >= 4 is 27.7 Å². The van der Waals surface area contributed by atoms with Gasteiger partial charge in [0.2, 0.25) is 5.88 Å². The molecule has 2 aromatic rings. The van der Waals surface area contributed by atoms with Gasteiger partial charge in [0.25, 0.3) is 5.91 Å². The summed E-state index contributed by atoms with van der Waals surface area (Å²) in [5, 5.41) is 6.52. The molecule has 4 nitrogen and oxygen atoms in total. The molecule has 94 valence electrons. The van der Waals surface area contributed by atoms with Crippen molar-refractivity contribution in [3.63, 3.8) is 0 Å². The van der Waals surface area contributed by atoms with E-state index < -0.39 is 0 Å².